The molecule has 2 aromatic rings. The van der Waals surface area contributed by atoms with Crippen molar-refractivity contribution < 1.29 is 10.0 Å². The van der Waals surface area contributed by atoms with Crippen molar-refractivity contribution in [3.63, 3.8) is 0 Å². The molecule has 0 bridgehead atoms. The first kappa shape index (κ1) is 12.7. The van der Waals surface area contributed by atoms with Gasteiger partial charge in [0.1, 0.15) is 5.69 Å². The van der Waals surface area contributed by atoms with Gasteiger partial charge in [0.05, 0.1) is 21.7 Å². The second-order valence-corrected chi connectivity index (χ2v) is 4.92. The van der Waals surface area contributed by atoms with E-state index in [9.17, 15) is 10.1 Å². The van der Waals surface area contributed by atoms with Gasteiger partial charge in [0.2, 0.25) is 0 Å². The van der Waals surface area contributed by atoms with Crippen molar-refractivity contribution in [3.05, 3.63) is 27.8 Å². The third-order valence-electron chi connectivity index (χ3n) is 2.94. The summed E-state index contributed by atoms with van der Waals surface area (Å²) in [6, 6.07) is 3.32. The van der Waals surface area contributed by atoms with Crippen LogP contribution in [0.4, 0.5) is 11.4 Å². The maximum Gasteiger partial charge on any atom is 0.319 e. The van der Waals surface area contributed by atoms with E-state index in [1.165, 1.54) is 11.3 Å². The first-order valence-corrected chi connectivity index (χ1v) is 6.28. The Balaban J connectivity index is 2.62. The van der Waals surface area contributed by atoms with Gasteiger partial charge in [0.15, 0.2) is 5.52 Å². The number of thiazole rings is 1. The number of hydrogen-bond donors (Lipinski definition) is 1. The number of fused-ring (bicyclic) bond motifs is 1. The zero-order chi connectivity index (χ0) is 13.3. The van der Waals surface area contributed by atoms with Crippen molar-refractivity contribution in [1.82, 2.24) is 4.98 Å². The number of nitrogens with zero attached hydrogens (tertiary/aromatic N) is 3. The number of nitro groups is 1. The SMILES string of the molecule is CC(CO)N(C)c1ccc2scnc2c1[N+](=O)[O-]. The molecule has 1 heterocycles. The lowest BCUT2D eigenvalue weighted by atomic mass is 10.2. The van der Waals surface area contributed by atoms with Gasteiger partial charge in [-0.05, 0) is 19.1 Å². The van der Waals surface area contributed by atoms with Crippen molar-refractivity contribution in [2.45, 2.75) is 13.0 Å². The summed E-state index contributed by atoms with van der Waals surface area (Å²) in [6.45, 7) is 1.73. The van der Waals surface area contributed by atoms with Crippen LogP contribution in [0, 0.1) is 10.1 Å². The molecule has 0 aliphatic rings. The van der Waals surface area contributed by atoms with Crippen molar-refractivity contribution in [2.75, 3.05) is 18.6 Å². The summed E-state index contributed by atoms with van der Waals surface area (Å²) in [5.74, 6) is 0. The monoisotopic (exact) mass is 267 g/mol. The summed E-state index contributed by atoms with van der Waals surface area (Å²) in [5.41, 5.74) is 2.47. The lowest BCUT2D eigenvalue weighted by molar-refractivity contribution is -0.382. The number of aliphatic hydroxyl groups excluding tert-OH is 1. The Morgan fingerprint density at radius 3 is 2.94 bits per heavy atom. The van der Waals surface area contributed by atoms with E-state index in [4.69, 9.17) is 5.11 Å². The van der Waals surface area contributed by atoms with E-state index in [2.05, 4.69) is 4.98 Å². The van der Waals surface area contributed by atoms with Gasteiger partial charge in [-0.3, -0.25) is 10.1 Å². The molecule has 1 atom stereocenters. The van der Waals surface area contributed by atoms with Crippen molar-refractivity contribution in [1.29, 1.82) is 0 Å². The van der Waals surface area contributed by atoms with Crippen LogP contribution < -0.4 is 4.90 Å². The molecule has 1 N–H and O–H groups in total. The van der Waals surface area contributed by atoms with Crippen LogP contribution in [-0.2, 0) is 0 Å². The molecule has 0 fully saturated rings. The zero-order valence-corrected chi connectivity index (χ0v) is 10.8. The summed E-state index contributed by atoms with van der Waals surface area (Å²) < 4.78 is 0.788. The number of benzene rings is 1. The fraction of sp³-hybridized carbons (Fsp3) is 0.364. The largest absolute Gasteiger partial charge is 0.394 e. The lowest BCUT2D eigenvalue weighted by Gasteiger charge is -2.24. The fourth-order valence-electron chi connectivity index (χ4n) is 1.73. The molecule has 0 aliphatic carbocycles. The zero-order valence-electron chi connectivity index (χ0n) is 10.0. The molecule has 6 nitrogen and oxygen atoms in total. The van der Waals surface area contributed by atoms with Gasteiger partial charge < -0.3 is 10.0 Å². The number of likely N-dealkylation sites (N-methyl/N-ethyl adjacent to an activating group) is 1. The Hall–Kier alpha value is -1.73. The number of hydrogen-bond acceptors (Lipinski definition) is 6. The molecule has 2 rings (SSSR count). The molecule has 96 valence electrons. The molecule has 1 aromatic carbocycles. The van der Waals surface area contributed by atoms with Crippen LogP contribution in [0.3, 0.4) is 0 Å². The van der Waals surface area contributed by atoms with Crippen LogP contribution in [-0.4, -0.2) is 34.7 Å². The minimum atomic E-state index is -0.419. The maximum atomic E-state index is 11.2. The quantitative estimate of drug-likeness (QED) is 0.677. The highest BCUT2D eigenvalue weighted by molar-refractivity contribution is 7.16. The third-order valence-corrected chi connectivity index (χ3v) is 3.74. The maximum absolute atomic E-state index is 11.2. The van der Waals surface area contributed by atoms with E-state index < -0.39 is 4.92 Å². The summed E-state index contributed by atoms with van der Waals surface area (Å²) in [4.78, 5) is 16.6. The van der Waals surface area contributed by atoms with Crippen LogP contribution >= 0.6 is 11.3 Å². The van der Waals surface area contributed by atoms with Gasteiger partial charge in [-0.2, -0.15) is 0 Å². The molecule has 18 heavy (non-hydrogen) atoms. The fourth-order valence-corrected chi connectivity index (χ4v) is 2.41. The van der Waals surface area contributed by atoms with Crippen LogP contribution in [0.5, 0.6) is 0 Å². The highest BCUT2D eigenvalue weighted by atomic mass is 32.1. The average molecular weight is 267 g/mol. The van der Waals surface area contributed by atoms with Crippen molar-refractivity contribution in [3.8, 4) is 0 Å². The second kappa shape index (κ2) is 4.87. The van der Waals surface area contributed by atoms with Crippen molar-refractivity contribution in [2.24, 2.45) is 0 Å². The molecule has 7 heteroatoms. The predicted octanol–water partition coefficient (Wildman–Crippen LogP) is 2.02. The van der Waals surface area contributed by atoms with Crippen molar-refractivity contribution >= 4 is 32.9 Å². The smallest absolute Gasteiger partial charge is 0.319 e. The topological polar surface area (TPSA) is 79.5 Å². The standard InChI is InChI=1S/C11H13N3O3S/c1-7(5-15)13(2)8-3-4-9-10(12-6-18-9)11(8)14(16)17/h3-4,6-7,15H,5H2,1-2H3. The van der Waals surface area contributed by atoms with Gasteiger partial charge in [-0.25, -0.2) is 4.98 Å². The predicted molar refractivity (Wildman–Crippen MR) is 71.2 cm³/mol. The third kappa shape index (κ3) is 2.02. The van der Waals surface area contributed by atoms with E-state index >= 15 is 0 Å². The Labute approximate surface area is 108 Å². The molecular weight excluding hydrogens is 254 g/mol. The summed E-state index contributed by atoms with van der Waals surface area (Å²) in [6.07, 6.45) is 0. The molecule has 0 amide bonds. The Morgan fingerprint density at radius 2 is 2.33 bits per heavy atom. The molecule has 0 saturated heterocycles. The summed E-state index contributed by atoms with van der Waals surface area (Å²) >= 11 is 1.37. The van der Waals surface area contributed by atoms with E-state index in [1.54, 1.807) is 30.4 Å². The normalized spacial score (nSPS) is 12.6. The highest BCUT2D eigenvalue weighted by Gasteiger charge is 2.24. The minimum absolute atomic E-state index is 0.00319. The number of aromatic nitrogens is 1. The number of nitro benzene ring substituents is 1. The minimum Gasteiger partial charge on any atom is -0.394 e. The Bertz CT molecular complexity index is 584. The number of rotatable bonds is 4. The molecule has 0 radical (unpaired) electrons. The molecular formula is C11H13N3O3S. The van der Waals surface area contributed by atoms with E-state index in [1.807, 2.05) is 6.07 Å². The summed E-state index contributed by atoms with van der Waals surface area (Å²) in [5, 5.41) is 20.4. The Morgan fingerprint density at radius 1 is 1.61 bits per heavy atom. The van der Waals surface area contributed by atoms with Gasteiger partial charge >= 0.3 is 5.69 Å². The summed E-state index contributed by atoms with van der Waals surface area (Å²) in [7, 11) is 1.72. The van der Waals surface area contributed by atoms with E-state index in [-0.39, 0.29) is 18.3 Å². The van der Waals surface area contributed by atoms with E-state index in [0.717, 1.165) is 4.70 Å². The van der Waals surface area contributed by atoms with Crippen LogP contribution in [0.15, 0.2) is 17.6 Å². The second-order valence-electron chi connectivity index (χ2n) is 4.03. The first-order valence-electron chi connectivity index (χ1n) is 5.40. The highest BCUT2D eigenvalue weighted by Crippen LogP contribution is 2.36. The van der Waals surface area contributed by atoms with Crippen LogP contribution in [0.1, 0.15) is 6.92 Å². The van der Waals surface area contributed by atoms with Crippen LogP contribution in [0.25, 0.3) is 10.2 Å². The number of aliphatic hydroxyl groups is 1. The average Bonchev–Trinajstić information content (AvgIpc) is 2.83. The molecule has 0 spiro atoms. The number of anilines is 1. The molecule has 1 aromatic heterocycles. The first-order chi connectivity index (χ1) is 8.56. The molecule has 1 unspecified atom stereocenters. The van der Waals surface area contributed by atoms with Gasteiger partial charge in [-0.15, -0.1) is 11.3 Å². The van der Waals surface area contributed by atoms with Gasteiger partial charge in [0.25, 0.3) is 0 Å². The Kier molecular flexibility index (Phi) is 3.44. The molecule has 0 saturated carbocycles. The van der Waals surface area contributed by atoms with Gasteiger partial charge in [0, 0.05) is 13.1 Å². The molecule has 0 aliphatic heterocycles. The van der Waals surface area contributed by atoms with Gasteiger partial charge in [-0.1, -0.05) is 0 Å². The lowest BCUT2D eigenvalue weighted by Crippen LogP contribution is -2.32. The van der Waals surface area contributed by atoms with Crippen LogP contribution in [0.2, 0.25) is 0 Å². The van der Waals surface area contributed by atoms with E-state index in [0.29, 0.717) is 11.2 Å².